The largest absolute Gasteiger partial charge is 0.462 e. The van der Waals surface area contributed by atoms with Gasteiger partial charge in [-0.2, -0.15) is 0 Å². The molecule has 4 aromatic rings. The summed E-state index contributed by atoms with van der Waals surface area (Å²) in [7, 11) is 0. The first-order valence-electron chi connectivity index (χ1n) is 11.1. The van der Waals surface area contributed by atoms with E-state index >= 15 is 0 Å². The molecule has 178 valence electrons. The van der Waals surface area contributed by atoms with Gasteiger partial charge in [-0.3, -0.25) is 4.90 Å². The molecule has 1 N–H and O–H groups in total. The summed E-state index contributed by atoms with van der Waals surface area (Å²) < 4.78 is 16.4. The van der Waals surface area contributed by atoms with Crippen molar-refractivity contribution in [2.24, 2.45) is 0 Å². The molecule has 1 fully saturated rings. The van der Waals surface area contributed by atoms with Crippen molar-refractivity contribution in [1.29, 1.82) is 0 Å². The number of hydrogen-bond acceptors (Lipinski definition) is 11. The number of oxazole rings is 1. The standard InChI is InChI=1S/C23H25N5O4S2/c1-3-31-23(29)19-14(2)18-20(24-11-15-13-32-21(25-15)16-5-4-10-33-16)26-17(27-22(18)34-19)12-28-6-8-30-9-7-28/h4-5,10,13H,3,6-9,11-12H2,1-2H3,(H,24,26,27). The van der Waals surface area contributed by atoms with Crippen LogP contribution in [0.2, 0.25) is 0 Å². The molecule has 0 radical (unpaired) electrons. The predicted molar refractivity (Wildman–Crippen MR) is 131 cm³/mol. The molecule has 4 aromatic heterocycles. The van der Waals surface area contributed by atoms with Crippen molar-refractivity contribution in [3.05, 3.63) is 45.7 Å². The molecule has 34 heavy (non-hydrogen) atoms. The van der Waals surface area contributed by atoms with E-state index in [4.69, 9.17) is 23.9 Å². The Morgan fingerprint density at radius 3 is 2.88 bits per heavy atom. The first-order valence-corrected chi connectivity index (χ1v) is 12.8. The first kappa shape index (κ1) is 22.9. The quantitative estimate of drug-likeness (QED) is 0.355. The Morgan fingerprint density at radius 2 is 2.12 bits per heavy atom. The van der Waals surface area contributed by atoms with E-state index in [0.717, 1.165) is 39.4 Å². The highest BCUT2D eigenvalue weighted by Crippen LogP contribution is 2.35. The van der Waals surface area contributed by atoms with E-state index in [2.05, 4.69) is 15.2 Å². The van der Waals surface area contributed by atoms with Crippen LogP contribution in [0.3, 0.4) is 0 Å². The summed E-state index contributed by atoms with van der Waals surface area (Å²) in [6.07, 6.45) is 1.65. The molecule has 1 saturated heterocycles. The van der Waals surface area contributed by atoms with Gasteiger partial charge in [0.1, 0.15) is 27.6 Å². The van der Waals surface area contributed by atoms with Crippen LogP contribution in [0.4, 0.5) is 5.82 Å². The van der Waals surface area contributed by atoms with Crippen LogP contribution in [-0.2, 0) is 22.6 Å². The highest BCUT2D eigenvalue weighted by atomic mass is 32.1. The van der Waals surface area contributed by atoms with Gasteiger partial charge >= 0.3 is 5.97 Å². The Bertz CT molecular complexity index is 1280. The minimum Gasteiger partial charge on any atom is -0.462 e. The lowest BCUT2D eigenvalue weighted by atomic mass is 10.2. The summed E-state index contributed by atoms with van der Waals surface area (Å²) in [5.74, 6) is 1.65. The second-order valence-electron chi connectivity index (χ2n) is 7.81. The van der Waals surface area contributed by atoms with Crippen molar-refractivity contribution in [2.75, 3.05) is 38.2 Å². The van der Waals surface area contributed by atoms with Crippen LogP contribution in [0.1, 0.15) is 33.7 Å². The van der Waals surface area contributed by atoms with Gasteiger partial charge < -0.3 is 19.2 Å². The monoisotopic (exact) mass is 499 g/mol. The Balaban J connectivity index is 1.45. The van der Waals surface area contributed by atoms with E-state index in [-0.39, 0.29) is 5.97 Å². The van der Waals surface area contributed by atoms with Crippen molar-refractivity contribution in [1.82, 2.24) is 19.9 Å². The fraction of sp³-hybridized carbons (Fsp3) is 0.391. The number of nitrogens with one attached hydrogen (secondary N) is 1. The normalized spacial score (nSPS) is 14.5. The molecule has 0 atom stereocenters. The zero-order chi connectivity index (χ0) is 23.5. The highest BCUT2D eigenvalue weighted by molar-refractivity contribution is 7.20. The maximum absolute atomic E-state index is 12.5. The molecule has 9 nitrogen and oxygen atoms in total. The fourth-order valence-corrected chi connectivity index (χ4v) is 5.56. The van der Waals surface area contributed by atoms with Crippen LogP contribution < -0.4 is 5.32 Å². The second-order valence-corrected chi connectivity index (χ2v) is 9.76. The van der Waals surface area contributed by atoms with Gasteiger partial charge in [0.25, 0.3) is 0 Å². The third-order valence-electron chi connectivity index (χ3n) is 5.49. The summed E-state index contributed by atoms with van der Waals surface area (Å²) in [6.45, 7) is 8.17. The maximum Gasteiger partial charge on any atom is 0.348 e. The zero-order valence-corrected chi connectivity index (χ0v) is 20.6. The van der Waals surface area contributed by atoms with Gasteiger partial charge in [-0.05, 0) is 30.9 Å². The Kier molecular flexibility index (Phi) is 6.86. The number of anilines is 1. The van der Waals surface area contributed by atoms with Crippen LogP contribution >= 0.6 is 22.7 Å². The van der Waals surface area contributed by atoms with Crippen molar-refractivity contribution >= 4 is 44.7 Å². The molecule has 0 amide bonds. The van der Waals surface area contributed by atoms with Gasteiger partial charge in [0.15, 0.2) is 0 Å². The number of aryl methyl sites for hydroxylation is 1. The average Bonchev–Trinajstić information content (AvgIpc) is 3.59. The highest BCUT2D eigenvalue weighted by Gasteiger charge is 2.22. The van der Waals surface area contributed by atoms with E-state index in [1.807, 2.05) is 24.4 Å². The smallest absolute Gasteiger partial charge is 0.348 e. The lowest BCUT2D eigenvalue weighted by Crippen LogP contribution is -2.36. The van der Waals surface area contributed by atoms with Crippen molar-refractivity contribution in [3.8, 4) is 10.8 Å². The topological polar surface area (TPSA) is 103 Å². The Morgan fingerprint density at radius 1 is 1.26 bits per heavy atom. The third-order valence-corrected chi connectivity index (χ3v) is 7.51. The molecule has 0 spiro atoms. The van der Waals surface area contributed by atoms with Crippen LogP contribution in [0.25, 0.3) is 21.0 Å². The van der Waals surface area contributed by atoms with E-state index in [1.54, 1.807) is 24.5 Å². The first-order chi connectivity index (χ1) is 16.6. The van der Waals surface area contributed by atoms with E-state index in [9.17, 15) is 4.79 Å². The van der Waals surface area contributed by atoms with Crippen molar-refractivity contribution in [3.63, 3.8) is 0 Å². The molecular weight excluding hydrogens is 474 g/mol. The second kappa shape index (κ2) is 10.2. The molecule has 0 bridgehead atoms. The number of nitrogens with zero attached hydrogens (tertiary/aromatic N) is 4. The number of carbonyl (C=O) groups excluding carboxylic acids is 1. The van der Waals surface area contributed by atoms with E-state index in [0.29, 0.717) is 55.3 Å². The summed E-state index contributed by atoms with van der Waals surface area (Å²) in [6, 6.07) is 3.95. The van der Waals surface area contributed by atoms with Gasteiger partial charge in [0.2, 0.25) is 5.89 Å². The predicted octanol–water partition coefficient (Wildman–Crippen LogP) is 4.34. The summed E-state index contributed by atoms with van der Waals surface area (Å²) >= 11 is 2.93. The van der Waals surface area contributed by atoms with E-state index in [1.165, 1.54) is 11.3 Å². The number of thiophene rings is 2. The summed E-state index contributed by atoms with van der Waals surface area (Å²) in [5.41, 5.74) is 1.58. The minimum atomic E-state index is -0.333. The molecule has 11 heteroatoms. The minimum absolute atomic E-state index is 0.324. The Hall–Kier alpha value is -2.86. The Labute approximate surface area is 204 Å². The maximum atomic E-state index is 12.5. The molecule has 5 heterocycles. The van der Waals surface area contributed by atoms with Crippen molar-refractivity contribution in [2.45, 2.75) is 26.9 Å². The number of fused-ring (bicyclic) bond motifs is 1. The van der Waals surface area contributed by atoms with Gasteiger partial charge in [-0.1, -0.05) is 6.07 Å². The number of aromatic nitrogens is 3. The molecule has 1 aliphatic heterocycles. The molecule has 5 rings (SSSR count). The fourth-order valence-electron chi connectivity index (χ4n) is 3.81. The molecule has 1 aliphatic rings. The van der Waals surface area contributed by atoms with Gasteiger partial charge in [-0.25, -0.2) is 19.7 Å². The van der Waals surface area contributed by atoms with Crippen LogP contribution in [-0.4, -0.2) is 58.7 Å². The van der Waals surface area contributed by atoms with Crippen LogP contribution in [0, 0.1) is 6.92 Å². The molecule has 0 aliphatic carbocycles. The van der Waals surface area contributed by atoms with Gasteiger partial charge in [0.05, 0.1) is 48.9 Å². The number of morpholine rings is 1. The summed E-state index contributed by atoms with van der Waals surface area (Å²) in [5, 5.41) is 6.23. The third kappa shape index (κ3) is 4.83. The molecule has 0 unspecified atom stereocenters. The number of rotatable bonds is 8. The molecular formula is C23H25N5O4S2. The number of esters is 1. The van der Waals surface area contributed by atoms with E-state index < -0.39 is 0 Å². The molecule has 0 saturated carbocycles. The van der Waals surface area contributed by atoms with Crippen LogP contribution in [0.5, 0.6) is 0 Å². The van der Waals surface area contributed by atoms with Gasteiger partial charge in [-0.15, -0.1) is 22.7 Å². The lowest BCUT2D eigenvalue weighted by Gasteiger charge is -2.25. The number of ether oxygens (including phenoxy) is 2. The SMILES string of the molecule is CCOC(=O)c1sc2nc(CN3CCOCC3)nc(NCc3coc(-c4cccs4)n3)c2c1C. The lowest BCUT2D eigenvalue weighted by molar-refractivity contribution is 0.0331. The molecule has 0 aromatic carbocycles. The number of hydrogen-bond donors (Lipinski definition) is 1. The average molecular weight is 500 g/mol. The van der Waals surface area contributed by atoms with Gasteiger partial charge in [0, 0.05) is 13.1 Å². The summed E-state index contributed by atoms with van der Waals surface area (Å²) in [4.78, 5) is 31.3. The van der Waals surface area contributed by atoms with Crippen LogP contribution in [0.15, 0.2) is 28.2 Å². The van der Waals surface area contributed by atoms with Crippen molar-refractivity contribution < 1.29 is 18.7 Å². The number of carbonyl (C=O) groups is 1. The zero-order valence-electron chi connectivity index (χ0n) is 19.0.